The summed E-state index contributed by atoms with van der Waals surface area (Å²) in [6, 6.07) is 6.49. The summed E-state index contributed by atoms with van der Waals surface area (Å²) in [6.45, 7) is 2.24. The number of nitrogens with one attached hydrogen (secondary N) is 1. The minimum absolute atomic E-state index is 0.425. The molecule has 1 aromatic rings. The Balaban J connectivity index is 2.18. The molecule has 0 spiro atoms. The molecular weight excluding hydrogens is 210 g/mol. The van der Waals surface area contributed by atoms with E-state index < -0.39 is 0 Å². The quantitative estimate of drug-likeness (QED) is 0.393. The van der Waals surface area contributed by atoms with Crippen LogP contribution >= 0.6 is 0 Å². The van der Waals surface area contributed by atoms with Crippen molar-refractivity contribution in [2.45, 2.75) is 57.9 Å². The standard InChI is InChI=1S/C14H25N3/c1-2-3-4-5-9-14(17-15)11-10-13-8-6-7-12-16-13/h6-8,12,14,17H,2-5,9-11,15H2,1H3. The first-order valence-electron chi connectivity index (χ1n) is 6.72. The van der Waals surface area contributed by atoms with Gasteiger partial charge in [0.2, 0.25) is 0 Å². The molecule has 3 heteroatoms. The largest absolute Gasteiger partial charge is 0.271 e. The van der Waals surface area contributed by atoms with Gasteiger partial charge in [0.1, 0.15) is 0 Å². The van der Waals surface area contributed by atoms with Crippen molar-refractivity contribution in [3.05, 3.63) is 30.1 Å². The maximum Gasteiger partial charge on any atom is 0.0404 e. The third kappa shape index (κ3) is 6.39. The number of hydrazine groups is 1. The Bertz CT molecular complexity index is 274. The van der Waals surface area contributed by atoms with E-state index in [2.05, 4.69) is 23.4 Å². The lowest BCUT2D eigenvalue weighted by molar-refractivity contribution is 0.439. The van der Waals surface area contributed by atoms with Crippen LogP contribution in [0.4, 0.5) is 0 Å². The van der Waals surface area contributed by atoms with Gasteiger partial charge in [-0.25, -0.2) is 0 Å². The zero-order valence-corrected chi connectivity index (χ0v) is 10.9. The van der Waals surface area contributed by atoms with E-state index in [4.69, 9.17) is 5.84 Å². The van der Waals surface area contributed by atoms with Gasteiger partial charge in [-0.3, -0.25) is 16.3 Å². The smallest absolute Gasteiger partial charge is 0.0404 e. The third-order valence-electron chi connectivity index (χ3n) is 3.12. The molecule has 1 unspecified atom stereocenters. The molecule has 1 aromatic heterocycles. The van der Waals surface area contributed by atoms with Gasteiger partial charge < -0.3 is 0 Å². The summed E-state index contributed by atoms with van der Waals surface area (Å²) in [5.74, 6) is 5.58. The van der Waals surface area contributed by atoms with Crippen LogP contribution in [0.1, 0.15) is 51.1 Å². The molecule has 0 amide bonds. The summed E-state index contributed by atoms with van der Waals surface area (Å²) in [6.07, 6.45) is 10.3. The van der Waals surface area contributed by atoms with Crippen molar-refractivity contribution >= 4 is 0 Å². The number of nitrogens with two attached hydrogens (primary N) is 1. The Labute approximate surface area is 105 Å². The number of pyridine rings is 1. The van der Waals surface area contributed by atoms with Crippen LogP contribution in [0.25, 0.3) is 0 Å². The topological polar surface area (TPSA) is 50.9 Å². The van der Waals surface area contributed by atoms with E-state index in [-0.39, 0.29) is 0 Å². The number of unbranched alkanes of at least 4 members (excludes halogenated alkanes) is 3. The van der Waals surface area contributed by atoms with Crippen molar-refractivity contribution in [1.82, 2.24) is 10.4 Å². The van der Waals surface area contributed by atoms with Crippen molar-refractivity contribution in [2.75, 3.05) is 0 Å². The molecule has 3 N–H and O–H groups in total. The first-order chi connectivity index (χ1) is 8.36. The van der Waals surface area contributed by atoms with Crippen LogP contribution in [0.3, 0.4) is 0 Å². The van der Waals surface area contributed by atoms with Gasteiger partial charge in [-0.2, -0.15) is 0 Å². The molecule has 17 heavy (non-hydrogen) atoms. The Kier molecular flexibility index (Phi) is 7.60. The summed E-state index contributed by atoms with van der Waals surface area (Å²) < 4.78 is 0. The van der Waals surface area contributed by atoms with Crippen LogP contribution in [0.15, 0.2) is 24.4 Å². The summed E-state index contributed by atoms with van der Waals surface area (Å²) in [5.41, 5.74) is 4.08. The summed E-state index contributed by atoms with van der Waals surface area (Å²) in [5, 5.41) is 0. The van der Waals surface area contributed by atoms with Gasteiger partial charge in [0.25, 0.3) is 0 Å². The molecule has 3 nitrogen and oxygen atoms in total. The van der Waals surface area contributed by atoms with Gasteiger partial charge in [-0.1, -0.05) is 38.7 Å². The van der Waals surface area contributed by atoms with Crippen molar-refractivity contribution < 1.29 is 0 Å². The van der Waals surface area contributed by atoms with Crippen LogP contribution in [-0.2, 0) is 6.42 Å². The van der Waals surface area contributed by atoms with Crippen LogP contribution < -0.4 is 11.3 Å². The Morgan fingerprint density at radius 3 is 2.76 bits per heavy atom. The van der Waals surface area contributed by atoms with Crippen LogP contribution in [-0.4, -0.2) is 11.0 Å². The number of aromatic nitrogens is 1. The van der Waals surface area contributed by atoms with Gasteiger partial charge in [-0.15, -0.1) is 0 Å². The molecule has 0 fully saturated rings. The molecule has 0 bridgehead atoms. The number of hydrogen-bond acceptors (Lipinski definition) is 3. The van der Waals surface area contributed by atoms with Gasteiger partial charge in [0.15, 0.2) is 0 Å². The average Bonchev–Trinajstić information content (AvgIpc) is 2.39. The molecule has 0 saturated carbocycles. The minimum atomic E-state index is 0.425. The highest BCUT2D eigenvalue weighted by Gasteiger charge is 2.06. The predicted molar refractivity (Wildman–Crippen MR) is 72.4 cm³/mol. The van der Waals surface area contributed by atoms with E-state index in [1.54, 1.807) is 0 Å². The Morgan fingerprint density at radius 2 is 2.12 bits per heavy atom. The Hall–Kier alpha value is -0.930. The van der Waals surface area contributed by atoms with Gasteiger partial charge in [0.05, 0.1) is 0 Å². The molecule has 0 aliphatic heterocycles. The normalized spacial score (nSPS) is 12.6. The second kappa shape index (κ2) is 9.14. The molecule has 0 aliphatic rings. The molecule has 1 atom stereocenters. The lowest BCUT2D eigenvalue weighted by Crippen LogP contribution is -2.35. The van der Waals surface area contributed by atoms with E-state index in [1.807, 2.05) is 18.3 Å². The molecule has 96 valence electrons. The van der Waals surface area contributed by atoms with E-state index in [9.17, 15) is 0 Å². The van der Waals surface area contributed by atoms with Crippen LogP contribution in [0.2, 0.25) is 0 Å². The van der Waals surface area contributed by atoms with Crippen LogP contribution in [0.5, 0.6) is 0 Å². The molecule has 0 aliphatic carbocycles. The number of hydrogen-bond donors (Lipinski definition) is 2. The molecule has 0 radical (unpaired) electrons. The molecule has 0 aromatic carbocycles. The highest BCUT2D eigenvalue weighted by atomic mass is 15.2. The van der Waals surface area contributed by atoms with E-state index in [0.717, 1.165) is 18.5 Å². The number of nitrogens with zero attached hydrogens (tertiary/aromatic N) is 1. The lowest BCUT2D eigenvalue weighted by atomic mass is 10.0. The summed E-state index contributed by atoms with van der Waals surface area (Å²) in [4.78, 5) is 4.33. The highest BCUT2D eigenvalue weighted by molar-refractivity contribution is 5.03. The third-order valence-corrected chi connectivity index (χ3v) is 3.12. The van der Waals surface area contributed by atoms with Crippen LogP contribution in [0, 0.1) is 0 Å². The molecule has 0 saturated heterocycles. The number of rotatable bonds is 9. The van der Waals surface area contributed by atoms with Crippen molar-refractivity contribution in [3.63, 3.8) is 0 Å². The second-order valence-electron chi connectivity index (χ2n) is 4.57. The van der Waals surface area contributed by atoms with Crippen molar-refractivity contribution in [3.8, 4) is 0 Å². The van der Waals surface area contributed by atoms with Gasteiger partial charge >= 0.3 is 0 Å². The SMILES string of the molecule is CCCCCCC(CCc1ccccn1)NN. The molecule has 1 rings (SSSR count). The predicted octanol–water partition coefficient (Wildman–Crippen LogP) is 2.82. The summed E-state index contributed by atoms with van der Waals surface area (Å²) in [7, 11) is 0. The zero-order valence-electron chi connectivity index (χ0n) is 10.9. The fourth-order valence-corrected chi connectivity index (χ4v) is 2.00. The second-order valence-corrected chi connectivity index (χ2v) is 4.57. The van der Waals surface area contributed by atoms with Gasteiger partial charge in [-0.05, 0) is 31.4 Å². The van der Waals surface area contributed by atoms with E-state index >= 15 is 0 Å². The summed E-state index contributed by atoms with van der Waals surface area (Å²) >= 11 is 0. The fraction of sp³-hybridized carbons (Fsp3) is 0.643. The van der Waals surface area contributed by atoms with Gasteiger partial charge in [0, 0.05) is 17.9 Å². The average molecular weight is 235 g/mol. The first kappa shape index (κ1) is 14.1. The first-order valence-corrected chi connectivity index (χ1v) is 6.72. The van der Waals surface area contributed by atoms with E-state index in [0.29, 0.717) is 6.04 Å². The maximum absolute atomic E-state index is 5.58. The highest BCUT2D eigenvalue weighted by Crippen LogP contribution is 2.09. The molecular formula is C14H25N3. The van der Waals surface area contributed by atoms with Crippen molar-refractivity contribution in [2.24, 2.45) is 5.84 Å². The minimum Gasteiger partial charge on any atom is -0.271 e. The van der Waals surface area contributed by atoms with Crippen molar-refractivity contribution in [1.29, 1.82) is 0 Å². The zero-order chi connectivity index (χ0) is 12.3. The molecule has 1 heterocycles. The monoisotopic (exact) mass is 235 g/mol. The maximum atomic E-state index is 5.58. The Morgan fingerprint density at radius 1 is 1.24 bits per heavy atom. The number of aryl methyl sites for hydroxylation is 1. The van der Waals surface area contributed by atoms with E-state index in [1.165, 1.54) is 32.1 Å². The fourth-order valence-electron chi connectivity index (χ4n) is 2.00. The lowest BCUT2D eigenvalue weighted by Gasteiger charge is -2.15.